The van der Waals surface area contributed by atoms with Crippen LogP contribution in [0.3, 0.4) is 0 Å². The molecule has 19 heavy (non-hydrogen) atoms. The number of benzene rings is 1. The molecule has 0 amide bonds. The van der Waals surface area contributed by atoms with Crippen molar-refractivity contribution in [2.75, 3.05) is 30.3 Å². The molecule has 4 nitrogen and oxygen atoms in total. The van der Waals surface area contributed by atoms with Gasteiger partial charge in [0.05, 0.1) is 23.5 Å². The Morgan fingerprint density at radius 2 is 2.16 bits per heavy atom. The minimum Gasteiger partial charge on any atom is -0.462 e. The van der Waals surface area contributed by atoms with Gasteiger partial charge in [-0.15, -0.1) is 0 Å². The van der Waals surface area contributed by atoms with Crippen molar-refractivity contribution in [3.8, 4) is 0 Å². The number of nitrogen functional groups attached to an aromatic ring is 1. The Morgan fingerprint density at radius 1 is 1.42 bits per heavy atom. The van der Waals surface area contributed by atoms with Crippen LogP contribution in [0, 0.1) is 5.92 Å². The van der Waals surface area contributed by atoms with Crippen molar-refractivity contribution in [1.29, 1.82) is 0 Å². The van der Waals surface area contributed by atoms with Gasteiger partial charge in [0.1, 0.15) is 0 Å². The number of carbonyl (C=O) groups is 1. The molecule has 0 bridgehead atoms. The Bertz CT molecular complexity index is 455. The summed E-state index contributed by atoms with van der Waals surface area (Å²) < 4.78 is 5.12. The second-order valence-corrected chi connectivity index (χ2v) is 4.95. The maximum Gasteiger partial charge on any atom is 0.340 e. The third-order valence-corrected chi connectivity index (χ3v) is 3.44. The number of anilines is 2. The monoisotopic (exact) mass is 262 g/mol. The summed E-state index contributed by atoms with van der Waals surface area (Å²) in [4.78, 5) is 14.2. The van der Waals surface area contributed by atoms with Crippen molar-refractivity contribution >= 4 is 17.3 Å². The highest BCUT2D eigenvalue weighted by molar-refractivity contribution is 5.99. The molecule has 2 N–H and O–H groups in total. The van der Waals surface area contributed by atoms with Crippen LogP contribution < -0.4 is 10.6 Å². The van der Waals surface area contributed by atoms with Gasteiger partial charge in [0.15, 0.2) is 0 Å². The highest BCUT2D eigenvalue weighted by atomic mass is 16.5. The standard InChI is InChI=1S/C15H22N2O2/c1-3-17(10-11-8-9-11)14-12(15(18)19-4-2)6-5-7-13(14)16/h5-7,11H,3-4,8-10,16H2,1-2H3. The number of nitrogens with two attached hydrogens (primary N) is 1. The highest BCUT2D eigenvalue weighted by Crippen LogP contribution is 2.35. The van der Waals surface area contributed by atoms with E-state index in [0.29, 0.717) is 17.9 Å². The Labute approximate surface area is 114 Å². The van der Waals surface area contributed by atoms with Crippen LogP contribution >= 0.6 is 0 Å². The van der Waals surface area contributed by atoms with E-state index in [0.717, 1.165) is 24.7 Å². The molecule has 0 atom stereocenters. The van der Waals surface area contributed by atoms with Crippen LogP contribution in [0.15, 0.2) is 18.2 Å². The van der Waals surface area contributed by atoms with Crippen LogP contribution in [0.25, 0.3) is 0 Å². The Hall–Kier alpha value is -1.71. The van der Waals surface area contributed by atoms with Crippen molar-refractivity contribution in [2.24, 2.45) is 5.92 Å². The molecule has 4 heteroatoms. The molecule has 0 aromatic heterocycles. The van der Waals surface area contributed by atoms with E-state index in [-0.39, 0.29) is 5.97 Å². The zero-order valence-electron chi connectivity index (χ0n) is 11.7. The lowest BCUT2D eigenvalue weighted by molar-refractivity contribution is 0.0527. The number of ether oxygens (including phenoxy) is 1. The predicted molar refractivity (Wildman–Crippen MR) is 77.4 cm³/mol. The van der Waals surface area contributed by atoms with Gasteiger partial charge in [0.2, 0.25) is 0 Å². The van der Waals surface area contributed by atoms with E-state index in [4.69, 9.17) is 10.5 Å². The summed E-state index contributed by atoms with van der Waals surface area (Å²) in [5.74, 6) is 0.452. The normalized spacial score (nSPS) is 14.2. The second-order valence-electron chi connectivity index (χ2n) is 4.95. The third kappa shape index (κ3) is 3.19. The number of rotatable bonds is 6. The zero-order valence-corrected chi connectivity index (χ0v) is 11.7. The molecule has 1 fully saturated rings. The van der Waals surface area contributed by atoms with Gasteiger partial charge in [-0.25, -0.2) is 4.79 Å². The molecule has 104 valence electrons. The van der Waals surface area contributed by atoms with Crippen LogP contribution in [0.4, 0.5) is 11.4 Å². The molecule has 1 aromatic carbocycles. The first-order valence-corrected chi connectivity index (χ1v) is 6.97. The minimum absolute atomic E-state index is 0.293. The molecule has 0 heterocycles. The Morgan fingerprint density at radius 3 is 2.74 bits per heavy atom. The predicted octanol–water partition coefficient (Wildman–Crippen LogP) is 2.68. The first-order valence-electron chi connectivity index (χ1n) is 6.97. The molecule has 2 rings (SSSR count). The lowest BCUT2D eigenvalue weighted by Gasteiger charge is -2.26. The molecule has 0 spiro atoms. The molecular weight excluding hydrogens is 240 g/mol. The van der Waals surface area contributed by atoms with Gasteiger partial charge in [0.25, 0.3) is 0 Å². The number of nitrogens with zero attached hydrogens (tertiary/aromatic N) is 1. The SMILES string of the molecule is CCOC(=O)c1cccc(N)c1N(CC)CC1CC1. The first kappa shape index (κ1) is 13.7. The summed E-state index contributed by atoms with van der Waals surface area (Å²) in [5.41, 5.74) is 8.13. The molecule has 0 aliphatic heterocycles. The topological polar surface area (TPSA) is 55.6 Å². The van der Waals surface area contributed by atoms with Crippen LogP contribution in [-0.4, -0.2) is 25.7 Å². The van der Waals surface area contributed by atoms with Crippen LogP contribution in [0.5, 0.6) is 0 Å². The molecule has 1 saturated carbocycles. The van der Waals surface area contributed by atoms with Crippen LogP contribution in [-0.2, 0) is 4.74 Å². The van der Waals surface area contributed by atoms with E-state index in [9.17, 15) is 4.79 Å². The highest BCUT2D eigenvalue weighted by Gasteiger charge is 2.27. The van der Waals surface area contributed by atoms with Gasteiger partial charge in [-0.3, -0.25) is 0 Å². The molecule has 0 unspecified atom stereocenters. The van der Waals surface area contributed by atoms with Gasteiger partial charge in [-0.05, 0) is 44.7 Å². The van der Waals surface area contributed by atoms with Crippen molar-refractivity contribution in [3.63, 3.8) is 0 Å². The van der Waals surface area contributed by atoms with Gasteiger partial charge < -0.3 is 15.4 Å². The lowest BCUT2D eigenvalue weighted by Crippen LogP contribution is -2.28. The average Bonchev–Trinajstić information content (AvgIpc) is 3.20. The minimum atomic E-state index is -0.293. The fourth-order valence-electron chi connectivity index (χ4n) is 2.28. The number of hydrogen-bond donors (Lipinski definition) is 1. The van der Waals surface area contributed by atoms with Crippen molar-refractivity contribution in [3.05, 3.63) is 23.8 Å². The van der Waals surface area contributed by atoms with E-state index < -0.39 is 0 Å². The maximum atomic E-state index is 12.0. The number of esters is 1. The zero-order chi connectivity index (χ0) is 13.8. The summed E-state index contributed by atoms with van der Waals surface area (Å²) >= 11 is 0. The summed E-state index contributed by atoms with van der Waals surface area (Å²) in [6.07, 6.45) is 2.55. The largest absolute Gasteiger partial charge is 0.462 e. The van der Waals surface area contributed by atoms with Crippen LogP contribution in [0.2, 0.25) is 0 Å². The van der Waals surface area contributed by atoms with Crippen LogP contribution in [0.1, 0.15) is 37.0 Å². The Kier molecular flexibility index (Phi) is 4.30. The quantitative estimate of drug-likeness (QED) is 0.632. The molecule has 1 aliphatic carbocycles. The fraction of sp³-hybridized carbons (Fsp3) is 0.533. The second kappa shape index (κ2) is 5.95. The lowest BCUT2D eigenvalue weighted by atomic mass is 10.1. The van der Waals surface area contributed by atoms with E-state index in [1.165, 1.54) is 12.8 Å². The van der Waals surface area contributed by atoms with Gasteiger partial charge in [0, 0.05) is 13.1 Å². The summed E-state index contributed by atoms with van der Waals surface area (Å²) in [6, 6.07) is 5.43. The van der Waals surface area contributed by atoms with E-state index in [1.807, 2.05) is 13.0 Å². The first-order chi connectivity index (χ1) is 9.17. The average molecular weight is 262 g/mol. The number of carbonyl (C=O) groups excluding carboxylic acids is 1. The summed E-state index contributed by atoms with van der Waals surface area (Å²) in [5, 5.41) is 0. The maximum absolute atomic E-state index is 12.0. The van der Waals surface area contributed by atoms with Gasteiger partial charge in [-0.2, -0.15) is 0 Å². The van der Waals surface area contributed by atoms with E-state index >= 15 is 0 Å². The summed E-state index contributed by atoms with van der Waals surface area (Å²) in [7, 11) is 0. The van der Waals surface area contributed by atoms with E-state index in [2.05, 4.69) is 11.8 Å². The number of hydrogen-bond acceptors (Lipinski definition) is 4. The molecule has 0 radical (unpaired) electrons. The smallest absolute Gasteiger partial charge is 0.340 e. The molecule has 0 saturated heterocycles. The van der Waals surface area contributed by atoms with Crippen molar-refractivity contribution in [1.82, 2.24) is 0 Å². The molecule has 1 aliphatic rings. The van der Waals surface area contributed by atoms with E-state index in [1.54, 1.807) is 12.1 Å². The van der Waals surface area contributed by atoms with Crippen molar-refractivity contribution < 1.29 is 9.53 Å². The Balaban J connectivity index is 2.31. The van der Waals surface area contributed by atoms with Gasteiger partial charge >= 0.3 is 5.97 Å². The third-order valence-electron chi connectivity index (χ3n) is 3.44. The molecule has 1 aromatic rings. The van der Waals surface area contributed by atoms with Crippen molar-refractivity contribution in [2.45, 2.75) is 26.7 Å². The number of para-hydroxylation sites is 1. The van der Waals surface area contributed by atoms with Gasteiger partial charge in [-0.1, -0.05) is 6.07 Å². The summed E-state index contributed by atoms with van der Waals surface area (Å²) in [6.45, 7) is 6.09. The fourth-order valence-corrected chi connectivity index (χ4v) is 2.28. The molecular formula is C15H22N2O2.